The van der Waals surface area contributed by atoms with Crippen molar-refractivity contribution in [1.29, 1.82) is 0 Å². The predicted octanol–water partition coefficient (Wildman–Crippen LogP) is 4.12. The van der Waals surface area contributed by atoms with Crippen LogP contribution < -0.4 is 10.6 Å². The summed E-state index contributed by atoms with van der Waals surface area (Å²) in [4.78, 5) is 2.45. The first-order valence-corrected chi connectivity index (χ1v) is 7.44. The highest BCUT2D eigenvalue weighted by atomic mass is 15.1. The van der Waals surface area contributed by atoms with Gasteiger partial charge in [-0.05, 0) is 36.6 Å². The highest BCUT2D eigenvalue weighted by molar-refractivity contribution is 5.49. The summed E-state index contributed by atoms with van der Waals surface area (Å²) in [6.07, 6.45) is 3.43. The van der Waals surface area contributed by atoms with Crippen molar-refractivity contribution in [3.63, 3.8) is 0 Å². The Bertz CT molecular complexity index is 508. The maximum absolute atomic E-state index is 6.03. The van der Waals surface area contributed by atoms with Crippen molar-refractivity contribution in [1.82, 2.24) is 0 Å². The molecule has 2 aromatic carbocycles. The summed E-state index contributed by atoms with van der Waals surface area (Å²) < 4.78 is 0. The van der Waals surface area contributed by atoms with Crippen LogP contribution in [-0.4, -0.2) is 13.1 Å². The number of anilines is 2. The van der Waals surface area contributed by atoms with Gasteiger partial charge in [-0.15, -0.1) is 0 Å². The van der Waals surface area contributed by atoms with Crippen molar-refractivity contribution in [3.8, 4) is 0 Å². The Morgan fingerprint density at radius 3 is 2.30 bits per heavy atom. The van der Waals surface area contributed by atoms with E-state index in [-0.39, 0.29) is 0 Å². The zero-order valence-electron chi connectivity index (χ0n) is 12.3. The SMILES string of the molecule is CCCCN(CCc1ccccc1N)c1ccccc1. The van der Waals surface area contributed by atoms with Gasteiger partial charge in [-0.3, -0.25) is 0 Å². The van der Waals surface area contributed by atoms with E-state index in [1.807, 2.05) is 12.1 Å². The summed E-state index contributed by atoms with van der Waals surface area (Å²) in [5.41, 5.74) is 9.47. The van der Waals surface area contributed by atoms with E-state index in [0.29, 0.717) is 0 Å². The number of nitrogen functional groups attached to an aromatic ring is 1. The maximum Gasteiger partial charge on any atom is 0.0366 e. The van der Waals surface area contributed by atoms with Crippen LogP contribution in [0.1, 0.15) is 25.3 Å². The lowest BCUT2D eigenvalue weighted by Crippen LogP contribution is -2.27. The fraction of sp³-hybridized carbons (Fsp3) is 0.333. The molecule has 0 bridgehead atoms. The van der Waals surface area contributed by atoms with Crippen molar-refractivity contribution < 1.29 is 0 Å². The number of hydrogen-bond acceptors (Lipinski definition) is 2. The standard InChI is InChI=1S/C18H24N2/c1-2-3-14-20(17-10-5-4-6-11-17)15-13-16-9-7-8-12-18(16)19/h4-12H,2-3,13-15,19H2,1H3. The fourth-order valence-corrected chi connectivity index (χ4v) is 2.38. The Kier molecular flexibility index (Phi) is 5.48. The van der Waals surface area contributed by atoms with Crippen molar-refractivity contribution in [2.45, 2.75) is 26.2 Å². The number of nitrogens with two attached hydrogens (primary N) is 1. The van der Waals surface area contributed by atoms with E-state index in [0.717, 1.165) is 25.2 Å². The molecule has 0 aliphatic rings. The van der Waals surface area contributed by atoms with Gasteiger partial charge >= 0.3 is 0 Å². The second-order valence-corrected chi connectivity index (χ2v) is 5.12. The number of unbranched alkanes of at least 4 members (excludes halogenated alkanes) is 1. The Balaban J connectivity index is 2.03. The molecule has 0 aliphatic heterocycles. The van der Waals surface area contributed by atoms with Crippen LogP contribution in [0.15, 0.2) is 54.6 Å². The lowest BCUT2D eigenvalue weighted by molar-refractivity contribution is 0.711. The summed E-state index contributed by atoms with van der Waals surface area (Å²) in [5, 5.41) is 0. The van der Waals surface area contributed by atoms with Gasteiger partial charge < -0.3 is 10.6 Å². The summed E-state index contributed by atoms with van der Waals surface area (Å²) in [6.45, 7) is 4.35. The highest BCUT2D eigenvalue weighted by Crippen LogP contribution is 2.17. The molecule has 20 heavy (non-hydrogen) atoms. The van der Waals surface area contributed by atoms with Gasteiger partial charge in [-0.25, -0.2) is 0 Å². The minimum absolute atomic E-state index is 0.899. The van der Waals surface area contributed by atoms with Crippen LogP contribution in [0, 0.1) is 0 Å². The van der Waals surface area contributed by atoms with E-state index >= 15 is 0 Å². The van der Waals surface area contributed by atoms with E-state index in [9.17, 15) is 0 Å². The van der Waals surface area contributed by atoms with Gasteiger partial charge in [0.05, 0.1) is 0 Å². The van der Waals surface area contributed by atoms with E-state index < -0.39 is 0 Å². The minimum Gasteiger partial charge on any atom is -0.399 e. The molecule has 0 saturated heterocycles. The summed E-state index contributed by atoms with van der Waals surface area (Å²) >= 11 is 0. The van der Waals surface area contributed by atoms with E-state index in [4.69, 9.17) is 5.73 Å². The van der Waals surface area contributed by atoms with Gasteiger partial charge in [0.2, 0.25) is 0 Å². The molecule has 0 atom stereocenters. The second kappa shape index (κ2) is 7.59. The third-order valence-electron chi connectivity index (χ3n) is 3.61. The van der Waals surface area contributed by atoms with Gasteiger partial charge in [0.1, 0.15) is 0 Å². The molecule has 0 radical (unpaired) electrons. The molecule has 0 fully saturated rings. The van der Waals surface area contributed by atoms with E-state index in [1.165, 1.54) is 24.1 Å². The van der Waals surface area contributed by atoms with Crippen molar-refractivity contribution in [2.24, 2.45) is 0 Å². The molecule has 0 heterocycles. The molecule has 0 saturated carbocycles. The molecule has 0 aromatic heterocycles. The third kappa shape index (κ3) is 4.02. The van der Waals surface area contributed by atoms with E-state index in [2.05, 4.69) is 54.3 Å². The topological polar surface area (TPSA) is 29.3 Å². The quantitative estimate of drug-likeness (QED) is 0.765. The summed E-state index contributed by atoms with van der Waals surface area (Å²) in [5.74, 6) is 0. The Morgan fingerprint density at radius 2 is 1.60 bits per heavy atom. The number of nitrogens with zero attached hydrogens (tertiary/aromatic N) is 1. The van der Waals surface area contributed by atoms with Gasteiger partial charge in [-0.2, -0.15) is 0 Å². The highest BCUT2D eigenvalue weighted by Gasteiger charge is 2.06. The molecular formula is C18H24N2. The van der Waals surface area contributed by atoms with Gasteiger partial charge in [0.15, 0.2) is 0 Å². The fourth-order valence-electron chi connectivity index (χ4n) is 2.38. The molecule has 0 spiro atoms. The molecule has 2 aromatic rings. The number of rotatable bonds is 7. The Hall–Kier alpha value is -1.96. The largest absolute Gasteiger partial charge is 0.399 e. The molecular weight excluding hydrogens is 244 g/mol. The molecule has 2 rings (SSSR count). The molecule has 2 heteroatoms. The number of para-hydroxylation sites is 2. The van der Waals surface area contributed by atoms with Gasteiger partial charge in [0.25, 0.3) is 0 Å². The third-order valence-corrected chi connectivity index (χ3v) is 3.61. The summed E-state index contributed by atoms with van der Waals surface area (Å²) in [6, 6.07) is 18.8. The maximum atomic E-state index is 6.03. The molecule has 0 unspecified atom stereocenters. The van der Waals surface area contributed by atoms with Crippen LogP contribution in [-0.2, 0) is 6.42 Å². The molecule has 0 aliphatic carbocycles. The molecule has 2 nitrogen and oxygen atoms in total. The lowest BCUT2D eigenvalue weighted by Gasteiger charge is -2.25. The van der Waals surface area contributed by atoms with Gasteiger partial charge in [-0.1, -0.05) is 49.7 Å². The second-order valence-electron chi connectivity index (χ2n) is 5.12. The average Bonchev–Trinajstić information content (AvgIpc) is 2.50. The zero-order chi connectivity index (χ0) is 14.2. The van der Waals surface area contributed by atoms with Crippen molar-refractivity contribution >= 4 is 11.4 Å². The molecule has 0 amide bonds. The van der Waals surface area contributed by atoms with Gasteiger partial charge in [0, 0.05) is 24.5 Å². The smallest absolute Gasteiger partial charge is 0.0366 e. The van der Waals surface area contributed by atoms with Crippen LogP contribution >= 0.6 is 0 Å². The van der Waals surface area contributed by atoms with E-state index in [1.54, 1.807) is 0 Å². The molecule has 106 valence electrons. The zero-order valence-corrected chi connectivity index (χ0v) is 12.3. The van der Waals surface area contributed by atoms with Crippen LogP contribution in [0.3, 0.4) is 0 Å². The summed E-state index contributed by atoms with van der Waals surface area (Å²) in [7, 11) is 0. The minimum atomic E-state index is 0.899. The number of hydrogen-bond donors (Lipinski definition) is 1. The van der Waals surface area contributed by atoms with Crippen LogP contribution in [0.5, 0.6) is 0 Å². The van der Waals surface area contributed by atoms with Crippen LogP contribution in [0.4, 0.5) is 11.4 Å². The first-order chi connectivity index (χ1) is 9.81. The van der Waals surface area contributed by atoms with Crippen LogP contribution in [0.2, 0.25) is 0 Å². The first kappa shape index (κ1) is 14.4. The lowest BCUT2D eigenvalue weighted by atomic mass is 10.1. The monoisotopic (exact) mass is 268 g/mol. The molecule has 2 N–H and O–H groups in total. The Labute approximate surface area is 122 Å². The average molecular weight is 268 g/mol. The van der Waals surface area contributed by atoms with Crippen molar-refractivity contribution in [3.05, 3.63) is 60.2 Å². The first-order valence-electron chi connectivity index (χ1n) is 7.44. The predicted molar refractivity (Wildman–Crippen MR) is 88.1 cm³/mol. The number of benzene rings is 2. The normalized spacial score (nSPS) is 10.4. The van der Waals surface area contributed by atoms with Crippen molar-refractivity contribution in [2.75, 3.05) is 23.7 Å². The van der Waals surface area contributed by atoms with Crippen LogP contribution in [0.25, 0.3) is 0 Å². The Morgan fingerprint density at radius 1 is 0.900 bits per heavy atom.